The summed E-state index contributed by atoms with van der Waals surface area (Å²) in [6.07, 6.45) is 4.02. The summed E-state index contributed by atoms with van der Waals surface area (Å²) in [6, 6.07) is 16.4. The van der Waals surface area contributed by atoms with Gasteiger partial charge in [0.15, 0.2) is 0 Å². The molecule has 1 saturated carbocycles. The molecule has 1 saturated heterocycles. The van der Waals surface area contributed by atoms with Crippen LogP contribution >= 0.6 is 0 Å². The summed E-state index contributed by atoms with van der Waals surface area (Å²) in [5.41, 5.74) is 3.98. The quantitative estimate of drug-likeness (QED) is 0.644. The first-order valence-electron chi connectivity index (χ1n) is 12.6. The highest BCUT2D eigenvalue weighted by molar-refractivity contribution is 5.85. The number of piperidine rings is 1. The molecule has 1 atom stereocenters. The lowest BCUT2D eigenvalue weighted by molar-refractivity contribution is -0.149. The van der Waals surface area contributed by atoms with Gasteiger partial charge in [0.1, 0.15) is 6.61 Å². The van der Waals surface area contributed by atoms with Crippen LogP contribution in [0.15, 0.2) is 48.5 Å². The normalized spacial score (nSPS) is 20.7. The molecule has 35 heavy (non-hydrogen) atoms. The van der Waals surface area contributed by atoms with E-state index in [0.29, 0.717) is 32.2 Å². The number of carbonyl (C=O) groups excluding carboxylic acids is 2. The number of ether oxygens (including phenoxy) is 1. The molecule has 0 spiro atoms. The van der Waals surface area contributed by atoms with Crippen molar-refractivity contribution in [3.63, 3.8) is 0 Å². The summed E-state index contributed by atoms with van der Waals surface area (Å²) in [6.45, 7) is 1.28. The molecule has 5 rings (SSSR count). The summed E-state index contributed by atoms with van der Waals surface area (Å²) < 4.78 is 5.67. The first kappa shape index (κ1) is 23.4. The number of amides is 2. The van der Waals surface area contributed by atoms with Gasteiger partial charge in [0, 0.05) is 25.6 Å². The molecule has 1 heterocycles. The fraction of sp³-hybridized carbons (Fsp3) is 0.464. The zero-order valence-corrected chi connectivity index (χ0v) is 19.9. The fourth-order valence-electron chi connectivity index (χ4n) is 6.11. The van der Waals surface area contributed by atoms with Gasteiger partial charge in [-0.1, -0.05) is 61.4 Å². The molecule has 2 aromatic rings. The molecule has 7 heteroatoms. The molecule has 0 aromatic heterocycles. The molecule has 2 aliphatic carbocycles. The second-order valence-electron chi connectivity index (χ2n) is 10.1. The van der Waals surface area contributed by atoms with E-state index in [1.807, 2.05) is 24.3 Å². The van der Waals surface area contributed by atoms with Gasteiger partial charge in [-0.3, -0.25) is 9.59 Å². The van der Waals surface area contributed by atoms with Gasteiger partial charge in [-0.2, -0.15) is 0 Å². The second kappa shape index (κ2) is 9.72. The van der Waals surface area contributed by atoms with Crippen molar-refractivity contribution in [2.75, 3.05) is 26.2 Å². The number of nitrogens with zero attached hydrogens (tertiary/aromatic N) is 1. The van der Waals surface area contributed by atoms with Crippen LogP contribution in [0.2, 0.25) is 0 Å². The van der Waals surface area contributed by atoms with Crippen molar-refractivity contribution in [2.24, 2.45) is 11.3 Å². The maximum atomic E-state index is 13.5. The zero-order chi connectivity index (χ0) is 24.4. The molecular weight excluding hydrogens is 444 g/mol. The van der Waals surface area contributed by atoms with Crippen molar-refractivity contribution in [1.82, 2.24) is 10.2 Å². The number of carboxylic acids is 1. The van der Waals surface area contributed by atoms with E-state index in [4.69, 9.17) is 4.74 Å². The maximum Gasteiger partial charge on any atom is 0.407 e. The number of carboxylic acid groups (broad SMARTS) is 1. The van der Waals surface area contributed by atoms with Gasteiger partial charge in [-0.15, -0.1) is 0 Å². The Kier molecular flexibility index (Phi) is 6.50. The Labute approximate surface area is 205 Å². The predicted molar refractivity (Wildman–Crippen MR) is 131 cm³/mol. The molecule has 0 bridgehead atoms. The van der Waals surface area contributed by atoms with Crippen molar-refractivity contribution >= 4 is 18.0 Å². The minimum atomic E-state index is -0.847. The minimum absolute atomic E-state index is 0.0171. The molecule has 2 amide bonds. The van der Waals surface area contributed by atoms with Gasteiger partial charge in [0.05, 0.1) is 11.3 Å². The zero-order valence-electron chi connectivity index (χ0n) is 19.9. The number of hydrogen-bond acceptors (Lipinski definition) is 4. The van der Waals surface area contributed by atoms with Crippen LogP contribution < -0.4 is 5.32 Å². The van der Waals surface area contributed by atoms with Crippen LogP contribution in [0.5, 0.6) is 0 Å². The van der Waals surface area contributed by atoms with Gasteiger partial charge in [-0.25, -0.2) is 4.79 Å². The van der Waals surface area contributed by atoms with E-state index < -0.39 is 23.4 Å². The van der Waals surface area contributed by atoms with Crippen LogP contribution in [-0.4, -0.2) is 54.2 Å². The predicted octanol–water partition coefficient (Wildman–Crippen LogP) is 4.41. The Hall–Kier alpha value is -3.35. The fourth-order valence-corrected chi connectivity index (χ4v) is 6.11. The molecule has 2 N–H and O–H groups in total. The van der Waals surface area contributed by atoms with Crippen LogP contribution in [-0.2, 0) is 14.3 Å². The molecular formula is C28H32N2O5. The van der Waals surface area contributed by atoms with E-state index in [0.717, 1.165) is 24.0 Å². The van der Waals surface area contributed by atoms with E-state index in [9.17, 15) is 19.5 Å². The highest BCUT2D eigenvalue weighted by Crippen LogP contribution is 2.44. The largest absolute Gasteiger partial charge is 0.481 e. The van der Waals surface area contributed by atoms with Crippen LogP contribution in [0.4, 0.5) is 4.79 Å². The maximum absolute atomic E-state index is 13.5. The van der Waals surface area contributed by atoms with E-state index in [-0.39, 0.29) is 31.5 Å². The Bertz CT molecular complexity index is 1080. The van der Waals surface area contributed by atoms with Crippen molar-refractivity contribution in [2.45, 2.75) is 44.4 Å². The van der Waals surface area contributed by atoms with Crippen molar-refractivity contribution in [3.8, 4) is 11.1 Å². The average molecular weight is 477 g/mol. The molecule has 1 aliphatic heterocycles. The van der Waals surface area contributed by atoms with E-state index in [2.05, 4.69) is 29.6 Å². The minimum Gasteiger partial charge on any atom is -0.481 e. The van der Waals surface area contributed by atoms with Crippen molar-refractivity contribution in [1.29, 1.82) is 0 Å². The van der Waals surface area contributed by atoms with Gasteiger partial charge in [0.2, 0.25) is 5.91 Å². The topological polar surface area (TPSA) is 95.9 Å². The van der Waals surface area contributed by atoms with E-state index >= 15 is 0 Å². The first-order chi connectivity index (χ1) is 17.0. The Balaban J connectivity index is 1.22. The third kappa shape index (κ3) is 4.51. The number of aliphatic carboxylic acids is 1. The van der Waals surface area contributed by atoms with E-state index in [1.54, 1.807) is 4.90 Å². The van der Waals surface area contributed by atoms with Gasteiger partial charge < -0.3 is 20.1 Å². The molecule has 2 fully saturated rings. The van der Waals surface area contributed by atoms with Gasteiger partial charge in [-0.05, 0) is 47.9 Å². The molecule has 184 valence electrons. The highest BCUT2D eigenvalue weighted by Gasteiger charge is 2.45. The Morgan fingerprint density at radius 2 is 1.60 bits per heavy atom. The number of nitrogens with one attached hydrogen (secondary N) is 1. The number of fused-ring (bicyclic) bond motifs is 3. The van der Waals surface area contributed by atoms with Crippen LogP contribution in [0, 0.1) is 11.3 Å². The summed E-state index contributed by atoms with van der Waals surface area (Å²) in [7, 11) is 0. The third-order valence-electron chi connectivity index (χ3n) is 7.99. The smallest absolute Gasteiger partial charge is 0.407 e. The number of hydrogen-bond donors (Lipinski definition) is 2. The number of rotatable bonds is 6. The number of likely N-dealkylation sites (tertiary alicyclic amines) is 1. The highest BCUT2D eigenvalue weighted by atomic mass is 16.5. The summed E-state index contributed by atoms with van der Waals surface area (Å²) >= 11 is 0. The van der Waals surface area contributed by atoms with Crippen LogP contribution in [0.3, 0.4) is 0 Å². The summed E-state index contributed by atoms with van der Waals surface area (Å²) in [5, 5.41) is 12.3. The van der Waals surface area contributed by atoms with Gasteiger partial charge in [0.25, 0.3) is 0 Å². The lowest BCUT2D eigenvalue weighted by Gasteiger charge is -2.38. The van der Waals surface area contributed by atoms with Crippen LogP contribution in [0.25, 0.3) is 11.1 Å². The lowest BCUT2D eigenvalue weighted by atomic mass is 9.83. The van der Waals surface area contributed by atoms with Crippen molar-refractivity contribution < 1.29 is 24.2 Å². The summed E-state index contributed by atoms with van der Waals surface area (Å²) in [5.74, 6) is -1.41. The number of alkyl carbamates (subject to hydrolysis) is 1. The molecule has 2 aromatic carbocycles. The molecule has 3 aliphatic rings. The van der Waals surface area contributed by atoms with Gasteiger partial charge >= 0.3 is 12.1 Å². The van der Waals surface area contributed by atoms with Crippen molar-refractivity contribution in [3.05, 3.63) is 59.7 Å². The third-order valence-corrected chi connectivity index (χ3v) is 7.99. The monoisotopic (exact) mass is 476 g/mol. The molecule has 1 unspecified atom stereocenters. The Morgan fingerprint density at radius 1 is 0.971 bits per heavy atom. The van der Waals surface area contributed by atoms with Crippen LogP contribution in [0.1, 0.15) is 55.6 Å². The van der Waals surface area contributed by atoms with E-state index in [1.165, 1.54) is 11.1 Å². The first-order valence-corrected chi connectivity index (χ1v) is 12.6. The Morgan fingerprint density at radius 3 is 2.23 bits per heavy atom. The molecule has 0 radical (unpaired) electrons. The summed E-state index contributed by atoms with van der Waals surface area (Å²) in [4.78, 5) is 39.4. The number of carbonyl (C=O) groups is 3. The SMILES string of the molecule is O=C(NCC1(C(=O)N2CCCC(C(=O)O)C2)CCCC1)OCC1c2ccccc2-c2ccccc21. The lowest BCUT2D eigenvalue weighted by Crippen LogP contribution is -2.52. The second-order valence-corrected chi connectivity index (χ2v) is 10.1. The average Bonchev–Trinajstić information content (AvgIpc) is 3.50. The number of benzene rings is 2. The standard InChI is InChI=1S/C28H32N2O5/c31-25(32)19-8-7-15-30(16-19)26(33)28(13-5-6-14-28)18-29-27(34)35-17-24-22-11-3-1-9-20(22)21-10-2-4-12-23(21)24/h1-4,9-12,19,24H,5-8,13-18H2,(H,29,34)(H,31,32). The molecule has 7 nitrogen and oxygen atoms in total.